The molecule has 0 aliphatic rings. The molecule has 0 amide bonds. The van der Waals surface area contributed by atoms with Gasteiger partial charge in [0.05, 0.1) is 9.82 Å². The number of carbonyl (C=O) groups excluding carboxylic acids is 1. The van der Waals surface area contributed by atoms with Gasteiger partial charge in [0.25, 0.3) is 5.69 Å². The van der Waals surface area contributed by atoms with E-state index in [0.29, 0.717) is 5.56 Å². The van der Waals surface area contributed by atoms with Crippen LogP contribution in [-0.4, -0.2) is 36.7 Å². The first-order valence-electron chi connectivity index (χ1n) is 8.73. The second-order valence-corrected chi connectivity index (χ2v) is 8.14. The van der Waals surface area contributed by atoms with Crippen molar-refractivity contribution in [1.82, 2.24) is 4.72 Å². The van der Waals surface area contributed by atoms with Crippen LogP contribution < -0.4 is 9.46 Å². The number of ether oxygens (including phenoxy) is 1. The predicted molar refractivity (Wildman–Crippen MR) is 106 cm³/mol. The minimum Gasteiger partial charge on any atom is -0.485 e. The molecule has 2 aromatic carbocycles. The number of carbonyl (C=O) groups is 2. The van der Waals surface area contributed by atoms with Gasteiger partial charge in [0.1, 0.15) is 13.2 Å². The van der Waals surface area contributed by atoms with Gasteiger partial charge in [0.2, 0.25) is 10.0 Å². The van der Waals surface area contributed by atoms with E-state index in [1.165, 1.54) is 49.4 Å². The Morgan fingerprint density at radius 1 is 1.19 bits per heavy atom. The number of sulfonamides is 1. The standard InChI is InChI=1S/C19H16N2O9S/c1-11(22)16-8-14-17(31(27,28)20-9-18(23)24)7-6-15(19(14)30-16)29-10-12-2-4-13(5-3-12)21(25)26/h2-8,20H,9-10H2,1H3,(H,23,24). The molecule has 2 N–H and O–H groups in total. The Bertz CT molecular complexity index is 1280. The van der Waals surface area contributed by atoms with Gasteiger partial charge in [-0.3, -0.25) is 19.7 Å². The summed E-state index contributed by atoms with van der Waals surface area (Å²) in [5, 5.41) is 19.5. The quantitative estimate of drug-likeness (QED) is 0.284. The molecule has 0 bridgehead atoms. The van der Waals surface area contributed by atoms with Crippen molar-refractivity contribution in [1.29, 1.82) is 0 Å². The summed E-state index contributed by atoms with van der Waals surface area (Å²) in [6, 6.07) is 9.41. The average Bonchev–Trinajstić information content (AvgIpc) is 3.16. The van der Waals surface area contributed by atoms with Crippen molar-refractivity contribution in [2.75, 3.05) is 6.54 Å². The lowest BCUT2D eigenvalue weighted by atomic mass is 10.2. The highest BCUT2D eigenvalue weighted by Crippen LogP contribution is 2.34. The molecule has 0 saturated carbocycles. The summed E-state index contributed by atoms with van der Waals surface area (Å²) >= 11 is 0. The van der Waals surface area contributed by atoms with Crippen molar-refractivity contribution in [3.05, 3.63) is 63.9 Å². The number of aliphatic carboxylic acids is 1. The fourth-order valence-electron chi connectivity index (χ4n) is 2.70. The normalized spacial score (nSPS) is 11.4. The molecule has 31 heavy (non-hydrogen) atoms. The van der Waals surface area contributed by atoms with Crippen LogP contribution in [0.2, 0.25) is 0 Å². The number of hydrogen-bond acceptors (Lipinski definition) is 8. The third kappa shape index (κ3) is 4.87. The lowest BCUT2D eigenvalue weighted by molar-refractivity contribution is -0.384. The molecule has 162 valence electrons. The number of benzene rings is 2. The Morgan fingerprint density at radius 3 is 2.45 bits per heavy atom. The highest BCUT2D eigenvalue weighted by atomic mass is 32.2. The Labute approximate surface area is 175 Å². The maximum atomic E-state index is 12.5. The summed E-state index contributed by atoms with van der Waals surface area (Å²) in [6.45, 7) is 0.415. The molecule has 11 nitrogen and oxygen atoms in total. The SMILES string of the molecule is CC(=O)c1cc2c(S(=O)(=O)NCC(=O)O)ccc(OCc3ccc([N+](=O)[O-])cc3)c2o1. The van der Waals surface area contributed by atoms with Crippen molar-refractivity contribution in [2.24, 2.45) is 0 Å². The van der Waals surface area contributed by atoms with Gasteiger partial charge in [-0.15, -0.1) is 0 Å². The molecule has 0 saturated heterocycles. The van der Waals surface area contributed by atoms with Crippen molar-refractivity contribution < 1.29 is 37.2 Å². The van der Waals surface area contributed by atoms with E-state index in [4.69, 9.17) is 14.3 Å². The highest BCUT2D eigenvalue weighted by Gasteiger charge is 2.24. The second kappa shape index (κ2) is 8.53. The number of non-ortho nitro benzene ring substituents is 1. The molecular weight excluding hydrogens is 432 g/mol. The Kier molecular flexibility index (Phi) is 6.04. The predicted octanol–water partition coefficient (Wildman–Crippen LogP) is 2.49. The van der Waals surface area contributed by atoms with Crippen LogP contribution in [0.3, 0.4) is 0 Å². The van der Waals surface area contributed by atoms with Crippen molar-refractivity contribution in [3.8, 4) is 5.75 Å². The Hall–Kier alpha value is -3.77. The molecule has 0 unspecified atom stereocenters. The van der Waals surface area contributed by atoms with Gasteiger partial charge in [-0.2, -0.15) is 4.72 Å². The number of nitro benzene ring substituents is 1. The summed E-state index contributed by atoms with van der Waals surface area (Å²) in [5.74, 6) is -1.77. The van der Waals surface area contributed by atoms with E-state index in [0.717, 1.165) is 0 Å². The van der Waals surface area contributed by atoms with Crippen LogP contribution in [0.5, 0.6) is 5.75 Å². The highest BCUT2D eigenvalue weighted by molar-refractivity contribution is 7.89. The molecular formula is C19H16N2O9S. The number of rotatable bonds is 9. The number of ketones is 1. The maximum Gasteiger partial charge on any atom is 0.318 e. The number of carboxylic acids is 1. The van der Waals surface area contributed by atoms with Gasteiger partial charge < -0.3 is 14.3 Å². The van der Waals surface area contributed by atoms with Crippen LogP contribution >= 0.6 is 0 Å². The molecule has 1 aromatic heterocycles. The number of furan rings is 1. The summed E-state index contributed by atoms with van der Waals surface area (Å²) in [5.41, 5.74) is 0.522. The molecule has 0 aliphatic heterocycles. The van der Waals surface area contributed by atoms with E-state index in [1.54, 1.807) is 0 Å². The van der Waals surface area contributed by atoms with Crippen molar-refractivity contribution in [2.45, 2.75) is 18.4 Å². The molecule has 0 fully saturated rings. The largest absolute Gasteiger partial charge is 0.485 e. The Balaban J connectivity index is 1.96. The van der Waals surface area contributed by atoms with Gasteiger partial charge >= 0.3 is 5.97 Å². The first-order valence-corrected chi connectivity index (χ1v) is 10.2. The van der Waals surface area contributed by atoms with Gasteiger partial charge in [0.15, 0.2) is 22.9 Å². The summed E-state index contributed by atoms with van der Waals surface area (Å²) in [6.07, 6.45) is 0. The molecule has 0 spiro atoms. The average molecular weight is 448 g/mol. The molecule has 0 radical (unpaired) electrons. The number of nitrogens with one attached hydrogen (secondary N) is 1. The molecule has 12 heteroatoms. The number of hydrogen-bond donors (Lipinski definition) is 2. The van der Waals surface area contributed by atoms with Crippen LogP contribution in [0, 0.1) is 10.1 Å². The summed E-state index contributed by atoms with van der Waals surface area (Å²) in [7, 11) is -4.21. The summed E-state index contributed by atoms with van der Waals surface area (Å²) < 4.78 is 38.1. The monoisotopic (exact) mass is 448 g/mol. The Morgan fingerprint density at radius 2 is 1.87 bits per heavy atom. The van der Waals surface area contributed by atoms with E-state index >= 15 is 0 Å². The molecule has 0 aliphatic carbocycles. The number of Topliss-reactive ketones (excluding diaryl/α,β-unsaturated/α-hetero) is 1. The fraction of sp³-hybridized carbons (Fsp3) is 0.158. The van der Waals surface area contributed by atoms with Crippen molar-refractivity contribution in [3.63, 3.8) is 0 Å². The maximum absolute atomic E-state index is 12.5. The molecule has 3 aromatic rings. The summed E-state index contributed by atoms with van der Waals surface area (Å²) in [4.78, 5) is 32.4. The number of nitrogens with zero attached hydrogens (tertiary/aromatic N) is 1. The van der Waals surface area contributed by atoms with Gasteiger partial charge in [0, 0.05) is 24.4 Å². The van der Waals surface area contributed by atoms with Crippen LogP contribution in [0.25, 0.3) is 11.0 Å². The van der Waals surface area contributed by atoms with E-state index < -0.39 is 33.2 Å². The minimum absolute atomic E-state index is 0.00738. The zero-order valence-corrected chi connectivity index (χ0v) is 16.8. The van der Waals surface area contributed by atoms with Crippen LogP contribution in [0.1, 0.15) is 23.0 Å². The van der Waals surface area contributed by atoms with Gasteiger partial charge in [-0.25, -0.2) is 8.42 Å². The van der Waals surface area contributed by atoms with Gasteiger partial charge in [-0.05, 0) is 35.9 Å². The zero-order chi connectivity index (χ0) is 22.8. The van der Waals surface area contributed by atoms with E-state index in [2.05, 4.69) is 0 Å². The number of carboxylic acid groups (broad SMARTS) is 1. The third-order valence-electron chi connectivity index (χ3n) is 4.20. The first-order chi connectivity index (χ1) is 14.6. The van der Waals surface area contributed by atoms with Crippen LogP contribution in [0.4, 0.5) is 5.69 Å². The van der Waals surface area contributed by atoms with Crippen LogP contribution in [-0.2, 0) is 21.4 Å². The lowest BCUT2D eigenvalue weighted by Crippen LogP contribution is -2.29. The van der Waals surface area contributed by atoms with E-state index in [9.17, 15) is 28.1 Å². The number of nitro groups is 1. The molecule has 0 atom stereocenters. The lowest BCUT2D eigenvalue weighted by Gasteiger charge is -2.10. The molecule has 1 heterocycles. The fourth-order valence-corrected chi connectivity index (χ4v) is 3.86. The van der Waals surface area contributed by atoms with Crippen LogP contribution in [0.15, 0.2) is 51.8 Å². The minimum atomic E-state index is -4.21. The third-order valence-corrected chi connectivity index (χ3v) is 5.66. The topological polar surface area (TPSA) is 166 Å². The van der Waals surface area contributed by atoms with E-state index in [-0.39, 0.29) is 39.7 Å². The van der Waals surface area contributed by atoms with Crippen molar-refractivity contribution >= 4 is 38.4 Å². The molecule has 3 rings (SSSR count). The van der Waals surface area contributed by atoms with E-state index in [1.807, 2.05) is 4.72 Å². The second-order valence-electron chi connectivity index (χ2n) is 6.40. The van der Waals surface area contributed by atoms with Gasteiger partial charge in [-0.1, -0.05) is 0 Å². The zero-order valence-electron chi connectivity index (χ0n) is 16.0. The first kappa shape index (κ1) is 21.9. The smallest absolute Gasteiger partial charge is 0.318 e. The number of fused-ring (bicyclic) bond motifs is 1.